The number of pyridine rings is 1. The molecule has 3 nitrogen and oxygen atoms in total. The van der Waals surface area contributed by atoms with Gasteiger partial charge in [0.1, 0.15) is 10.8 Å². The maximum Gasteiger partial charge on any atom is 0.228 e. The van der Waals surface area contributed by atoms with Crippen LogP contribution in [0.2, 0.25) is 5.02 Å². The summed E-state index contributed by atoms with van der Waals surface area (Å²) in [6, 6.07) is 16.9. The van der Waals surface area contributed by atoms with E-state index in [1.165, 1.54) is 23.9 Å². The number of aromatic nitrogens is 1. The van der Waals surface area contributed by atoms with E-state index in [0.29, 0.717) is 10.7 Å². The molecule has 126 valence electrons. The Morgan fingerprint density at radius 1 is 1.12 bits per heavy atom. The lowest BCUT2D eigenvalue weighted by molar-refractivity contribution is -0.115. The molecule has 6 heteroatoms. The van der Waals surface area contributed by atoms with E-state index < -0.39 is 0 Å². The molecular weight excluding hydrogens is 359 g/mol. The lowest BCUT2D eigenvalue weighted by Crippen LogP contribution is -2.14. The first-order chi connectivity index (χ1) is 12.1. The van der Waals surface area contributed by atoms with Crippen LogP contribution in [0.4, 0.5) is 10.1 Å². The van der Waals surface area contributed by atoms with E-state index in [2.05, 4.69) is 10.3 Å². The second-order valence-electron chi connectivity index (χ2n) is 5.27. The molecule has 0 saturated heterocycles. The van der Waals surface area contributed by atoms with Crippen LogP contribution in [0.1, 0.15) is 5.56 Å². The van der Waals surface area contributed by atoms with Crippen molar-refractivity contribution < 1.29 is 9.18 Å². The number of carbonyl (C=O) groups excluding carboxylic acids is 1. The number of nitrogens with zero attached hydrogens (tertiary/aromatic N) is 1. The van der Waals surface area contributed by atoms with E-state index >= 15 is 0 Å². The number of rotatable bonds is 5. The Morgan fingerprint density at radius 3 is 2.60 bits per heavy atom. The summed E-state index contributed by atoms with van der Waals surface area (Å²) in [5.74, 6) is -0.510. The molecule has 3 aromatic rings. The molecule has 3 rings (SSSR count). The number of hydrogen-bond donors (Lipinski definition) is 1. The predicted molar refractivity (Wildman–Crippen MR) is 98.5 cm³/mol. The van der Waals surface area contributed by atoms with Gasteiger partial charge in [-0.3, -0.25) is 4.79 Å². The summed E-state index contributed by atoms with van der Waals surface area (Å²) in [4.78, 5) is 17.2. The smallest absolute Gasteiger partial charge is 0.228 e. The summed E-state index contributed by atoms with van der Waals surface area (Å²) >= 11 is 7.75. The van der Waals surface area contributed by atoms with E-state index in [1.807, 2.05) is 24.3 Å². The lowest BCUT2D eigenvalue weighted by atomic mass is 10.1. The molecular formula is C19H14ClFN2OS. The summed E-state index contributed by atoms with van der Waals surface area (Å²) in [7, 11) is 0. The third-order valence-electron chi connectivity index (χ3n) is 3.35. The van der Waals surface area contributed by atoms with Gasteiger partial charge in [-0.15, -0.1) is 0 Å². The molecule has 0 aliphatic carbocycles. The van der Waals surface area contributed by atoms with Crippen LogP contribution in [0.5, 0.6) is 0 Å². The Hall–Kier alpha value is -2.37. The third-order valence-corrected chi connectivity index (χ3v) is 4.80. The van der Waals surface area contributed by atoms with Gasteiger partial charge >= 0.3 is 0 Å². The summed E-state index contributed by atoms with van der Waals surface area (Å²) in [5, 5.41) is 4.18. The molecule has 1 amide bonds. The SMILES string of the molecule is O=C(Cc1ccc(F)cc1)Nc1ccc(Sc2ccccn2)c(Cl)c1. The average Bonchev–Trinajstić information content (AvgIpc) is 2.60. The molecule has 1 N–H and O–H groups in total. The Bertz CT molecular complexity index is 872. The highest BCUT2D eigenvalue weighted by molar-refractivity contribution is 7.99. The van der Waals surface area contributed by atoms with E-state index in [0.717, 1.165) is 15.5 Å². The fourth-order valence-electron chi connectivity index (χ4n) is 2.17. The Kier molecular flexibility index (Phi) is 5.68. The minimum absolute atomic E-state index is 0.169. The summed E-state index contributed by atoms with van der Waals surface area (Å²) in [6.07, 6.45) is 1.89. The molecule has 0 aliphatic rings. The van der Waals surface area contributed by atoms with Gasteiger partial charge in [0.2, 0.25) is 5.91 Å². The summed E-state index contributed by atoms with van der Waals surface area (Å²) in [5.41, 5.74) is 1.36. The van der Waals surface area contributed by atoms with E-state index in [4.69, 9.17) is 11.6 Å². The van der Waals surface area contributed by atoms with Gasteiger partial charge in [0, 0.05) is 16.8 Å². The Labute approximate surface area is 154 Å². The average molecular weight is 373 g/mol. The third kappa shape index (κ3) is 5.05. The monoisotopic (exact) mass is 372 g/mol. The Balaban J connectivity index is 1.64. The number of hydrogen-bond acceptors (Lipinski definition) is 3. The van der Waals surface area contributed by atoms with E-state index in [-0.39, 0.29) is 18.1 Å². The first-order valence-corrected chi connectivity index (χ1v) is 8.72. The molecule has 0 unspecified atom stereocenters. The van der Waals surface area contributed by atoms with Crippen molar-refractivity contribution in [1.82, 2.24) is 4.98 Å². The normalized spacial score (nSPS) is 10.5. The fourth-order valence-corrected chi connectivity index (χ4v) is 3.25. The van der Waals surface area contributed by atoms with Crippen molar-refractivity contribution in [1.29, 1.82) is 0 Å². The predicted octanol–water partition coefficient (Wildman–Crippen LogP) is 5.21. The van der Waals surface area contributed by atoms with Crippen LogP contribution in [-0.4, -0.2) is 10.9 Å². The number of halogens is 2. The van der Waals surface area contributed by atoms with Gasteiger partial charge < -0.3 is 5.32 Å². The van der Waals surface area contributed by atoms with E-state index in [9.17, 15) is 9.18 Å². The van der Waals surface area contributed by atoms with Crippen LogP contribution in [0.3, 0.4) is 0 Å². The number of nitrogens with one attached hydrogen (secondary N) is 1. The standard InChI is InChI=1S/C19H14ClFN2OS/c20-16-12-15(8-9-17(16)25-19-3-1-2-10-22-19)23-18(24)11-13-4-6-14(21)7-5-13/h1-10,12H,11H2,(H,23,24). The lowest BCUT2D eigenvalue weighted by Gasteiger charge is -2.08. The number of benzene rings is 2. The second kappa shape index (κ2) is 8.14. The molecule has 0 atom stereocenters. The second-order valence-corrected chi connectivity index (χ2v) is 6.74. The zero-order valence-corrected chi connectivity index (χ0v) is 14.7. The summed E-state index contributed by atoms with van der Waals surface area (Å²) < 4.78 is 12.9. The van der Waals surface area contributed by atoms with Gasteiger partial charge in [0.05, 0.1) is 11.4 Å². The number of anilines is 1. The molecule has 0 bridgehead atoms. The van der Waals surface area contributed by atoms with Crippen LogP contribution in [0.15, 0.2) is 76.8 Å². The zero-order chi connectivity index (χ0) is 17.6. The molecule has 1 aromatic heterocycles. The topological polar surface area (TPSA) is 42.0 Å². The van der Waals surface area contributed by atoms with Crippen molar-refractivity contribution in [3.63, 3.8) is 0 Å². The van der Waals surface area contributed by atoms with Crippen molar-refractivity contribution >= 4 is 35.0 Å². The van der Waals surface area contributed by atoms with Gasteiger partial charge in [0.15, 0.2) is 0 Å². The first kappa shape index (κ1) is 17.5. The molecule has 0 spiro atoms. The molecule has 0 fully saturated rings. The van der Waals surface area contributed by atoms with Crippen molar-refractivity contribution in [2.75, 3.05) is 5.32 Å². The zero-order valence-electron chi connectivity index (χ0n) is 13.1. The van der Waals surface area contributed by atoms with Gasteiger partial charge in [-0.05, 0) is 48.0 Å². The highest BCUT2D eigenvalue weighted by atomic mass is 35.5. The van der Waals surface area contributed by atoms with Crippen LogP contribution in [0.25, 0.3) is 0 Å². The van der Waals surface area contributed by atoms with Crippen molar-refractivity contribution in [3.8, 4) is 0 Å². The Morgan fingerprint density at radius 2 is 1.92 bits per heavy atom. The minimum atomic E-state index is -0.322. The number of amides is 1. The van der Waals surface area contributed by atoms with Crippen molar-refractivity contribution in [3.05, 3.63) is 83.3 Å². The maximum absolute atomic E-state index is 12.9. The van der Waals surface area contributed by atoms with Crippen molar-refractivity contribution in [2.24, 2.45) is 0 Å². The molecule has 25 heavy (non-hydrogen) atoms. The van der Waals surface area contributed by atoms with Crippen LogP contribution >= 0.6 is 23.4 Å². The minimum Gasteiger partial charge on any atom is -0.326 e. The molecule has 2 aromatic carbocycles. The highest BCUT2D eigenvalue weighted by Gasteiger charge is 2.08. The first-order valence-electron chi connectivity index (χ1n) is 7.53. The highest BCUT2D eigenvalue weighted by Crippen LogP contribution is 2.33. The van der Waals surface area contributed by atoms with Gasteiger partial charge in [-0.2, -0.15) is 0 Å². The van der Waals surface area contributed by atoms with Gasteiger partial charge in [-0.25, -0.2) is 9.37 Å². The van der Waals surface area contributed by atoms with Gasteiger partial charge in [0.25, 0.3) is 0 Å². The van der Waals surface area contributed by atoms with Gasteiger partial charge in [-0.1, -0.05) is 41.6 Å². The fraction of sp³-hybridized carbons (Fsp3) is 0.0526. The number of carbonyl (C=O) groups is 1. The summed E-state index contributed by atoms with van der Waals surface area (Å²) in [6.45, 7) is 0. The van der Waals surface area contributed by atoms with Crippen LogP contribution < -0.4 is 5.32 Å². The maximum atomic E-state index is 12.9. The molecule has 1 heterocycles. The molecule has 0 radical (unpaired) electrons. The molecule has 0 saturated carbocycles. The van der Waals surface area contributed by atoms with Crippen molar-refractivity contribution in [2.45, 2.75) is 16.3 Å². The van der Waals surface area contributed by atoms with E-state index in [1.54, 1.807) is 30.5 Å². The van der Waals surface area contributed by atoms with Crippen LogP contribution in [-0.2, 0) is 11.2 Å². The quantitative estimate of drug-likeness (QED) is 0.668. The van der Waals surface area contributed by atoms with Crippen LogP contribution in [0, 0.1) is 5.82 Å². The largest absolute Gasteiger partial charge is 0.326 e. The molecule has 0 aliphatic heterocycles.